The van der Waals surface area contributed by atoms with E-state index in [-0.39, 0.29) is 5.97 Å². The monoisotopic (exact) mass is 347 g/mol. The van der Waals surface area contributed by atoms with Crippen LogP contribution in [0.5, 0.6) is 0 Å². The molecule has 3 rings (SSSR count). The van der Waals surface area contributed by atoms with Crippen molar-refractivity contribution in [2.24, 2.45) is 0 Å². The van der Waals surface area contributed by atoms with E-state index in [1.807, 2.05) is 45.0 Å². The molecular weight excluding hydrogens is 326 g/mol. The molecule has 5 heteroatoms. The summed E-state index contributed by atoms with van der Waals surface area (Å²) in [6.45, 7) is 13.3. The normalized spacial score (nSPS) is 10.7. The zero-order valence-electron chi connectivity index (χ0n) is 15.2. The average Bonchev–Trinajstić information content (AvgIpc) is 2.94. The second-order valence-electron chi connectivity index (χ2n) is 6.19. The third-order valence-electron chi connectivity index (χ3n) is 4.41. The number of nitrogens with zero attached hydrogens (tertiary/aromatic N) is 3. The molecule has 2 heterocycles. The molecule has 2 aromatic heterocycles. The third-order valence-corrected chi connectivity index (χ3v) is 4.41. The van der Waals surface area contributed by atoms with Gasteiger partial charge in [-0.2, -0.15) is 0 Å². The van der Waals surface area contributed by atoms with Gasteiger partial charge in [0.05, 0.1) is 24.2 Å². The predicted octanol–water partition coefficient (Wildman–Crippen LogP) is 4.69. The number of aromatic nitrogens is 2. The van der Waals surface area contributed by atoms with Gasteiger partial charge < -0.3 is 9.30 Å². The molecule has 0 unspecified atom stereocenters. The molecule has 5 nitrogen and oxygen atoms in total. The lowest BCUT2D eigenvalue weighted by atomic mass is 10.1. The first-order valence-electron chi connectivity index (χ1n) is 8.65. The predicted molar refractivity (Wildman–Crippen MR) is 102 cm³/mol. The molecule has 0 aliphatic carbocycles. The maximum absolute atomic E-state index is 11.7. The highest BCUT2D eigenvalue weighted by molar-refractivity contribution is 5.81. The second kappa shape index (κ2) is 7.40. The summed E-state index contributed by atoms with van der Waals surface area (Å²) in [5, 5.41) is 0. The van der Waals surface area contributed by atoms with Gasteiger partial charge in [0.2, 0.25) is 0 Å². The summed E-state index contributed by atoms with van der Waals surface area (Å²) in [4.78, 5) is 19.8. The molecular formula is C21H21N3O2. The van der Waals surface area contributed by atoms with E-state index < -0.39 is 0 Å². The van der Waals surface area contributed by atoms with Crippen molar-refractivity contribution in [1.82, 2.24) is 9.55 Å². The van der Waals surface area contributed by atoms with Crippen LogP contribution in [0.3, 0.4) is 0 Å². The molecule has 0 spiro atoms. The van der Waals surface area contributed by atoms with E-state index in [4.69, 9.17) is 16.3 Å². The number of carbonyl (C=O) groups excluding carboxylic acids is 1. The van der Waals surface area contributed by atoms with Gasteiger partial charge in [-0.15, -0.1) is 0 Å². The van der Waals surface area contributed by atoms with Crippen molar-refractivity contribution in [2.45, 2.75) is 33.6 Å². The van der Waals surface area contributed by atoms with Crippen LogP contribution in [0.25, 0.3) is 21.6 Å². The van der Waals surface area contributed by atoms with E-state index in [0.717, 1.165) is 33.7 Å². The van der Waals surface area contributed by atoms with Gasteiger partial charge in [0.25, 0.3) is 0 Å². The van der Waals surface area contributed by atoms with Crippen LogP contribution >= 0.6 is 0 Å². The summed E-state index contributed by atoms with van der Waals surface area (Å²) in [5.41, 5.74) is 6.59. The molecule has 26 heavy (non-hydrogen) atoms. The second-order valence-corrected chi connectivity index (χ2v) is 6.19. The van der Waals surface area contributed by atoms with Gasteiger partial charge in [0.15, 0.2) is 5.69 Å². The minimum absolute atomic E-state index is 0.187. The van der Waals surface area contributed by atoms with Gasteiger partial charge in [-0.05, 0) is 57.0 Å². The van der Waals surface area contributed by atoms with Crippen LogP contribution in [0.1, 0.15) is 30.3 Å². The van der Waals surface area contributed by atoms with E-state index in [1.165, 1.54) is 0 Å². The molecule has 0 amide bonds. The number of rotatable bonds is 5. The van der Waals surface area contributed by atoms with E-state index in [2.05, 4.69) is 21.5 Å². The SMILES string of the molecule is [C-]#[N+]c1ccc(-n2c(C)cc3nc(C)c(CCC(=O)OCC)cc32)cc1. The van der Waals surface area contributed by atoms with E-state index in [0.29, 0.717) is 25.1 Å². The largest absolute Gasteiger partial charge is 0.466 e. The highest BCUT2D eigenvalue weighted by Crippen LogP contribution is 2.26. The molecule has 1 aromatic carbocycles. The Kier molecular flexibility index (Phi) is 5.04. The minimum Gasteiger partial charge on any atom is -0.466 e. The van der Waals surface area contributed by atoms with Crippen molar-refractivity contribution in [3.63, 3.8) is 0 Å². The molecule has 3 aromatic rings. The first-order valence-corrected chi connectivity index (χ1v) is 8.65. The Morgan fingerprint density at radius 3 is 2.62 bits per heavy atom. The Bertz CT molecular complexity index is 995. The van der Waals surface area contributed by atoms with Crippen molar-refractivity contribution in [1.29, 1.82) is 0 Å². The van der Waals surface area contributed by atoms with Crippen LogP contribution in [0, 0.1) is 20.4 Å². The standard InChI is InChI=1S/C21H21N3O2/c1-5-26-21(25)11-6-16-13-20-19(23-15(16)3)12-14(2)24(20)18-9-7-17(22-4)8-10-18/h7-10,12-13H,5-6,11H2,1-3H3. The fraction of sp³-hybridized carbons (Fsp3) is 0.286. The van der Waals surface area contributed by atoms with Crippen LogP contribution in [0.15, 0.2) is 36.4 Å². The van der Waals surface area contributed by atoms with Crippen LogP contribution in [0.4, 0.5) is 5.69 Å². The first kappa shape index (κ1) is 17.7. The van der Waals surface area contributed by atoms with Crippen molar-refractivity contribution >= 4 is 22.7 Å². The average molecular weight is 347 g/mol. The highest BCUT2D eigenvalue weighted by atomic mass is 16.5. The third kappa shape index (κ3) is 3.45. The Morgan fingerprint density at radius 1 is 1.23 bits per heavy atom. The molecule has 0 N–H and O–H groups in total. The van der Waals surface area contributed by atoms with Crippen molar-refractivity contribution in [3.05, 3.63) is 64.8 Å². The molecule has 0 fully saturated rings. The number of hydrogen-bond acceptors (Lipinski definition) is 3. The molecule has 0 atom stereocenters. The maximum atomic E-state index is 11.7. The van der Waals surface area contributed by atoms with E-state index in [9.17, 15) is 4.79 Å². The van der Waals surface area contributed by atoms with Crippen LogP contribution in [-0.2, 0) is 16.0 Å². The summed E-state index contributed by atoms with van der Waals surface area (Å²) in [5.74, 6) is -0.187. The lowest BCUT2D eigenvalue weighted by Gasteiger charge is -2.11. The molecule has 132 valence electrons. The lowest BCUT2D eigenvalue weighted by Crippen LogP contribution is -2.06. The van der Waals surface area contributed by atoms with Crippen molar-refractivity contribution in [3.8, 4) is 5.69 Å². The summed E-state index contributed by atoms with van der Waals surface area (Å²) in [7, 11) is 0. The zero-order valence-corrected chi connectivity index (χ0v) is 15.2. The Balaban J connectivity index is 2.01. The number of ether oxygens (including phenoxy) is 1. The number of benzene rings is 1. The van der Waals surface area contributed by atoms with E-state index in [1.54, 1.807) is 0 Å². The van der Waals surface area contributed by atoms with Gasteiger partial charge in [0.1, 0.15) is 0 Å². The topological polar surface area (TPSA) is 48.5 Å². The Hall–Kier alpha value is -3.13. The Labute approximate surface area is 153 Å². The molecule has 0 aliphatic heterocycles. The molecule has 0 saturated carbocycles. The van der Waals surface area contributed by atoms with Gasteiger partial charge in [-0.3, -0.25) is 9.78 Å². The Morgan fingerprint density at radius 2 is 1.96 bits per heavy atom. The molecule has 0 saturated heterocycles. The molecule has 0 aliphatic rings. The highest BCUT2D eigenvalue weighted by Gasteiger charge is 2.13. The minimum atomic E-state index is -0.187. The van der Waals surface area contributed by atoms with Crippen LogP contribution in [0.2, 0.25) is 0 Å². The number of esters is 1. The van der Waals surface area contributed by atoms with Gasteiger partial charge in [0, 0.05) is 23.5 Å². The first-order chi connectivity index (χ1) is 12.5. The number of aryl methyl sites for hydroxylation is 3. The zero-order chi connectivity index (χ0) is 18.7. The lowest BCUT2D eigenvalue weighted by molar-refractivity contribution is -0.143. The molecule has 0 radical (unpaired) electrons. The maximum Gasteiger partial charge on any atom is 0.306 e. The van der Waals surface area contributed by atoms with Crippen LogP contribution in [-0.4, -0.2) is 22.1 Å². The number of carbonyl (C=O) groups is 1. The fourth-order valence-corrected chi connectivity index (χ4v) is 3.13. The number of hydrogen-bond donors (Lipinski definition) is 0. The number of fused-ring (bicyclic) bond motifs is 1. The summed E-state index contributed by atoms with van der Waals surface area (Å²) in [6, 6.07) is 11.7. The van der Waals surface area contributed by atoms with Crippen LogP contribution < -0.4 is 0 Å². The quantitative estimate of drug-likeness (QED) is 0.497. The van der Waals surface area contributed by atoms with Gasteiger partial charge in [-0.25, -0.2) is 4.85 Å². The van der Waals surface area contributed by atoms with Crippen molar-refractivity contribution in [2.75, 3.05) is 6.61 Å². The smallest absolute Gasteiger partial charge is 0.306 e. The van der Waals surface area contributed by atoms with Crippen molar-refractivity contribution < 1.29 is 9.53 Å². The summed E-state index contributed by atoms with van der Waals surface area (Å²) < 4.78 is 7.15. The summed E-state index contributed by atoms with van der Waals surface area (Å²) in [6.07, 6.45) is 0.954. The number of pyridine rings is 1. The van der Waals surface area contributed by atoms with E-state index >= 15 is 0 Å². The molecule has 0 bridgehead atoms. The summed E-state index contributed by atoms with van der Waals surface area (Å²) >= 11 is 0. The fourth-order valence-electron chi connectivity index (χ4n) is 3.13. The van der Waals surface area contributed by atoms with Gasteiger partial charge >= 0.3 is 5.97 Å². The van der Waals surface area contributed by atoms with Gasteiger partial charge in [-0.1, -0.05) is 12.1 Å².